The zero-order valence-electron chi connectivity index (χ0n) is 15.8. The quantitative estimate of drug-likeness (QED) is 0.355. The molecule has 1 heterocycles. The van der Waals surface area contributed by atoms with E-state index in [9.17, 15) is 0 Å². The topological polar surface area (TPSA) is 27.7 Å². The van der Waals surface area contributed by atoms with Crippen molar-refractivity contribution in [3.05, 3.63) is 78.9 Å². The van der Waals surface area contributed by atoms with Crippen LogP contribution >= 0.6 is 11.3 Å². The summed E-state index contributed by atoms with van der Waals surface area (Å²) in [5.74, 6) is 3.29. The molecule has 0 saturated heterocycles. The predicted octanol–water partition coefficient (Wildman–Crippen LogP) is 7.02. The molecule has 0 fully saturated rings. The highest BCUT2D eigenvalue weighted by atomic mass is 32.1. The molecule has 3 aromatic carbocycles. The van der Waals surface area contributed by atoms with Crippen LogP contribution in [0.5, 0.6) is 23.0 Å². The van der Waals surface area contributed by atoms with Gasteiger partial charge in [0.2, 0.25) is 0 Å². The lowest BCUT2D eigenvalue weighted by Gasteiger charge is -2.09. The lowest BCUT2D eigenvalue weighted by molar-refractivity contribution is 0.415. The van der Waals surface area contributed by atoms with E-state index in [1.807, 2.05) is 60.7 Å². The number of benzene rings is 3. The van der Waals surface area contributed by atoms with E-state index in [0.717, 1.165) is 49.1 Å². The van der Waals surface area contributed by atoms with Crippen molar-refractivity contribution in [2.24, 2.45) is 0 Å². The van der Waals surface area contributed by atoms with Gasteiger partial charge in [0.05, 0.1) is 19.1 Å². The molecule has 4 heteroatoms. The Morgan fingerprint density at radius 3 is 2.07 bits per heavy atom. The number of thiophene rings is 1. The zero-order chi connectivity index (χ0) is 19.5. The number of methoxy groups -OCH3 is 2. The number of fused-ring (bicyclic) bond motifs is 1. The first kappa shape index (κ1) is 18.1. The highest BCUT2D eigenvalue weighted by Crippen LogP contribution is 2.47. The second-order valence-corrected chi connectivity index (χ2v) is 7.28. The van der Waals surface area contributed by atoms with Crippen LogP contribution in [0.15, 0.2) is 73.3 Å². The van der Waals surface area contributed by atoms with Gasteiger partial charge in [-0.2, -0.15) is 0 Å². The summed E-state index contributed by atoms with van der Waals surface area (Å²) in [6, 6.07) is 22.0. The van der Waals surface area contributed by atoms with Crippen molar-refractivity contribution in [2.45, 2.75) is 0 Å². The van der Waals surface area contributed by atoms with Crippen LogP contribution in [0.25, 0.3) is 26.6 Å². The monoisotopic (exact) mass is 388 g/mol. The fourth-order valence-corrected chi connectivity index (χ4v) is 4.17. The fraction of sp³-hybridized carbons (Fsp3) is 0.0833. The summed E-state index contributed by atoms with van der Waals surface area (Å²) in [5.41, 5.74) is 2.14. The third kappa shape index (κ3) is 3.47. The molecule has 28 heavy (non-hydrogen) atoms. The van der Waals surface area contributed by atoms with Crippen molar-refractivity contribution >= 4 is 27.5 Å². The summed E-state index contributed by atoms with van der Waals surface area (Å²) in [4.78, 5) is 1.07. The Labute approximate surface area is 168 Å². The van der Waals surface area contributed by atoms with Crippen molar-refractivity contribution in [3.63, 3.8) is 0 Å². The van der Waals surface area contributed by atoms with E-state index in [2.05, 4.69) is 18.7 Å². The van der Waals surface area contributed by atoms with Crippen molar-refractivity contribution in [2.75, 3.05) is 14.2 Å². The van der Waals surface area contributed by atoms with Gasteiger partial charge in [0, 0.05) is 10.1 Å². The van der Waals surface area contributed by atoms with Crippen LogP contribution in [0, 0.1) is 0 Å². The van der Waals surface area contributed by atoms with Crippen molar-refractivity contribution in [3.8, 4) is 33.4 Å². The zero-order valence-corrected chi connectivity index (χ0v) is 16.6. The molecule has 4 aromatic rings. The first-order valence-corrected chi connectivity index (χ1v) is 9.69. The number of ether oxygens (including phenoxy) is 3. The van der Waals surface area contributed by atoms with Crippen LogP contribution in [-0.4, -0.2) is 14.2 Å². The van der Waals surface area contributed by atoms with Gasteiger partial charge < -0.3 is 14.2 Å². The molecular weight excluding hydrogens is 368 g/mol. The third-order valence-corrected chi connectivity index (χ3v) is 5.72. The number of hydrogen-bond donors (Lipinski definition) is 0. The summed E-state index contributed by atoms with van der Waals surface area (Å²) in [6.45, 7) is 3.80. The van der Waals surface area contributed by atoms with E-state index >= 15 is 0 Å². The molecule has 0 radical (unpaired) electrons. The molecule has 140 valence electrons. The minimum atomic E-state index is 0.788. The lowest BCUT2D eigenvalue weighted by atomic mass is 10.1. The first-order valence-electron chi connectivity index (χ1n) is 8.87. The molecular formula is C24H20O3S. The standard InChI is InChI=1S/C24H20O3S/c1-4-16-5-9-19(10-6-16)27-23-21-14-13-20(26-3)15-22(21)28-24(23)17-7-11-18(25-2)12-8-17/h4-15H,1H2,2-3H3. The molecule has 0 atom stereocenters. The third-order valence-electron chi connectivity index (χ3n) is 4.54. The number of hydrogen-bond acceptors (Lipinski definition) is 4. The van der Waals surface area contributed by atoms with Crippen molar-refractivity contribution < 1.29 is 14.2 Å². The van der Waals surface area contributed by atoms with Gasteiger partial charge in [0.15, 0.2) is 5.75 Å². The highest BCUT2D eigenvalue weighted by Gasteiger charge is 2.17. The SMILES string of the molecule is C=Cc1ccc(Oc2c(-c3ccc(OC)cc3)sc3cc(OC)ccc23)cc1. The maximum absolute atomic E-state index is 6.35. The summed E-state index contributed by atoms with van der Waals surface area (Å²) < 4.78 is 18.1. The van der Waals surface area contributed by atoms with Gasteiger partial charge in [-0.1, -0.05) is 24.8 Å². The van der Waals surface area contributed by atoms with E-state index in [4.69, 9.17) is 14.2 Å². The number of rotatable bonds is 6. The summed E-state index contributed by atoms with van der Waals surface area (Å²) in [6.07, 6.45) is 1.82. The Morgan fingerprint density at radius 2 is 1.43 bits per heavy atom. The van der Waals surface area contributed by atoms with E-state index < -0.39 is 0 Å². The van der Waals surface area contributed by atoms with Gasteiger partial charge in [-0.15, -0.1) is 11.3 Å². The van der Waals surface area contributed by atoms with E-state index in [1.165, 1.54) is 0 Å². The second kappa shape index (κ2) is 7.79. The van der Waals surface area contributed by atoms with Gasteiger partial charge >= 0.3 is 0 Å². The van der Waals surface area contributed by atoms with Gasteiger partial charge in [0.1, 0.15) is 17.2 Å². The summed E-state index contributed by atoms with van der Waals surface area (Å²) in [5, 5.41) is 1.06. The smallest absolute Gasteiger partial charge is 0.153 e. The Balaban J connectivity index is 1.83. The predicted molar refractivity (Wildman–Crippen MR) is 117 cm³/mol. The van der Waals surface area contributed by atoms with Crippen LogP contribution in [-0.2, 0) is 0 Å². The molecule has 0 amide bonds. The molecule has 0 bridgehead atoms. The average Bonchev–Trinajstić information content (AvgIpc) is 3.11. The summed E-state index contributed by atoms with van der Waals surface area (Å²) >= 11 is 1.68. The second-order valence-electron chi connectivity index (χ2n) is 6.23. The molecule has 4 rings (SSSR count). The largest absolute Gasteiger partial charge is 0.497 e. The molecule has 0 spiro atoms. The van der Waals surface area contributed by atoms with Crippen LogP contribution in [0.1, 0.15) is 5.56 Å². The van der Waals surface area contributed by atoms with Gasteiger partial charge in [-0.25, -0.2) is 0 Å². The molecule has 0 aliphatic carbocycles. The Bertz CT molecular complexity index is 1110. The average molecular weight is 388 g/mol. The fourth-order valence-electron chi connectivity index (χ4n) is 3.00. The van der Waals surface area contributed by atoms with Crippen LogP contribution in [0.2, 0.25) is 0 Å². The van der Waals surface area contributed by atoms with Gasteiger partial charge in [0.25, 0.3) is 0 Å². The minimum Gasteiger partial charge on any atom is -0.497 e. The Morgan fingerprint density at radius 1 is 0.786 bits per heavy atom. The normalized spacial score (nSPS) is 10.6. The molecule has 0 N–H and O–H groups in total. The molecule has 0 aliphatic rings. The maximum Gasteiger partial charge on any atom is 0.153 e. The van der Waals surface area contributed by atoms with Gasteiger partial charge in [-0.05, 0) is 65.7 Å². The Kier molecular flexibility index (Phi) is 5.04. The molecule has 1 aromatic heterocycles. The maximum atomic E-state index is 6.35. The van der Waals surface area contributed by atoms with E-state index in [1.54, 1.807) is 25.6 Å². The molecule has 0 unspecified atom stereocenters. The highest BCUT2D eigenvalue weighted by molar-refractivity contribution is 7.22. The van der Waals surface area contributed by atoms with Crippen molar-refractivity contribution in [1.82, 2.24) is 0 Å². The summed E-state index contributed by atoms with van der Waals surface area (Å²) in [7, 11) is 3.35. The van der Waals surface area contributed by atoms with Gasteiger partial charge in [-0.3, -0.25) is 0 Å². The molecule has 0 saturated carbocycles. The first-order chi connectivity index (χ1) is 13.7. The van der Waals surface area contributed by atoms with Crippen LogP contribution < -0.4 is 14.2 Å². The van der Waals surface area contributed by atoms with E-state index in [-0.39, 0.29) is 0 Å². The van der Waals surface area contributed by atoms with Crippen LogP contribution in [0.4, 0.5) is 0 Å². The lowest BCUT2D eigenvalue weighted by Crippen LogP contribution is -1.87. The minimum absolute atomic E-state index is 0.788. The molecule has 3 nitrogen and oxygen atoms in total. The Hall–Kier alpha value is -3.24. The van der Waals surface area contributed by atoms with E-state index in [0.29, 0.717) is 0 Å². The van der Waals surface area contributed by atoms with Crippen molar-refractivity contribution in [1.29, 1.82) is 0 Å². The molecule has 0 aliphatic heterocycles. The van der Waals surface area contributed by atoms with Crippen LogP contribution in [0.3, 0.4) is 0 Å².